The molecule has 0 aromatic heterocycles. The van der Waals surface area contributed by atoms with Crippen LogP contribution in [0.25, 0.3) is 0 Å². The molecule has 0 saturated carbocycles. The minimum atomic E-state index is -0.487. The molecular formula is C15H19FN2O. The van der Waals surface area contributed by atoms with Crippen molar-refractivity contribution in [3.63, 3.8) is 0 Å². The first kappa shape index (κ1) is 15.2. The van der Waals surface area contributed by atoms with Gasteiger partial charge in [0, 0.05) is 18.7 Å². The highest BCUT2D eigenvalue weighted by molar-refractivity contribution is 5.94. The van der Waals surface area contributed by atoms with Crippen LogP contribution < -0.4 is 5.73 Å². The van der Waals surface area contributed by atoms with Crippen molar-refractivity contribution in [3.05, 3.63) is 35.1 Å². The number of hydrogen-bond donors (Lipinski definition) is 1. The summed E-state index contributed by atoms with van der Waals surface area (Å²) in [5, 5.41) is 0. The van der Waals surface area contributed by atoms with Gasteiger partial charge in [-0.3, -0.25) is 4.79 Å². The molecule has 2 N–H and O–H groups in total. The maximum Gasteiger partial charge on any atom is 0.253 e. The summed E-state index contributed by atoms with van der Waals surface area (Å²) in [6.07, 6.45) is 0.877. The predicted molar refractivity (Wildman–Crippen MR) is 74.2 cm³/mol. The molecule has 0 aliphatic rings. The fourth-order valence-electron chi connectivity index (χ4n) is 1.75. The lowest BCUT2D eigenvalue weighted by molar-refractivity contribution is 0.0764. The number of nitrogens with zero attached hydrogens (tertiary/aromatic N) is 1. The number of benzene rings is 1. The third-order valence-corrected chi connectivity index (χ3v) is 2.70. The first-order valence-electron chi connectivity index (χ1n) is 6.41. The summed E-state index contributed by atoms with van der Waals surface area (Å²) in [7, 11) is 0. The maximum atomic E-state index is 13.8. The first-order chi connectivity index (χ1) is 9.13. The van der Waals surface area contributed by atoms with E-state index in [-0.39, 0.29) is 18.0 Å². The Morgan fingerprint density at radius 1 is 1.42 bits per heavy atom. The molecule has 0 fully saturated rings. The molecule has 1 amide bonds. The molecule has 0 bridgehead atoms. The molecule has 4 heteroatoms. The monoisotopic (exact) mass is 262 g/mol. The van der Waals surface area contributed by atoms with Gasteiger partial charge in [-0.25, -0.2) is 4.39 Å². The molecule has 0 heterocycles. The Hall–Kier alpha value is -1.86. The zero-order chi connectivity index (χ0) is 14.3. The first-order valence-corrected chi connectivity index (χ1v) is 6.41. The Kier molecular flexibility index (Phi) is 6.04. The lowest BCUT2D eigenvalue weighted by Crippen LogP contribution is -2.31. The van der Waals surface area contributed by atoms with Gasteiger partial charge in [0.15, 0.2) is 0 Å². The predicted octanol–water partition coefficient (Wildman–Crippen LogP) is 2.01. The fourth-order valence-corrected chi connectivity index (χ4v) is 1.75. The van der Waals surface area contributed by atoms with E-state index < -0.39 is 5.82 Å². The van der Waals surface area contributed by atoms with E-state index in [1.807, 2.05) is 13.8 Å². The van der Waals surface area contributed by atoms with Crippen LogP contribution in [0.15, 0.2) is 18.2 Å². The fraction of sp³-hybridized carbons (Fsp3) is 0.400. The maximum absolute atomic E-state index is 13.8. The zero-order valence-corrected chi connectivity index (χ0v) is 11.4. The summed E-state index contributed by atoms with van der Waals surface area (Å²) < 4.78 is 13.8. The van der Waals surface area contributed by atoms with Crippen LogP contribution in [0.3, 0.4) is 0 Å². The topological polar surface area (TPSA) is 46.3 Å². The van der Waals surface area contributed by atoms with Crippen molar-refractivity contribution in [2.24, 2.45) is 5.73 Å². The Labute approximate surface area is 113 Å². The van der Waals surface area contributed by atoms with Gasteiger partial charge in [0.1, 0.15) is 5.82 Å². The van der Waals surface area contributed by atoms with E-state index in [0.717, 1.165) is 6.42 Å². The number of rotatable bonds is 4. The van der Waals surface area contributed by atoms with Crippen LogP contribution in [-0.2, 0) is 0 Å². The van der Waals surface area contributed by atoms with Gasteiger partial charge in [-0.15, -0.1) is 0 Å². The van der Waals surface area contributed by atoms with Crippen molar-refractivity contribution in [2.75, 3.05) is 19.6 Å². The molecule has 0 spiro atoms. The summed E-state index contributed by atoms with van der Waals surface area (Å²) >= 11 is 0. The van der Waals surface area contributed by atoms with E-state index in [1.165, 1.54) is 12.1 Å². The summed E-state index contributed by atoms with van der Waals surface area (Å²) in [6, 6.07) is 4.36. The SMILES string of the molecule is CCCN(CC)C(=O)c1ccc(C#CCN)c(F)c1. The molecule has 0 radical (unpaired) electrons. The van der Waals surface area contributed by atoms with Crippen molar-refractivity contribution in [2.45, 2.75) is 20.3 Å². The second kappa shape index (κ2) is 7.55. The van der Waals surface area contributed by atoms with Gasteiger partial charge in [-0.1, -0.05) is 18.8 Å². The number of halogens is 1. The third kappa shape index (κ3) is 4.08. The minimum Gasteiger partial charge on any atom is -0.339 e. The average molecular weight is 262 g/mol. The minimum absolute atomic E-state index is 0.151. The molecule has 0 aliphatic heterocycles. The van der Waals surface area contributed by atoms with Crippen molar-refractivity contribution < 1.29 is 9.18 Å². The van der Waals surface area contributed by atoms with E-state index in [9.17, 15) is 9.18 Å². The van der Waals surface area contributed by atoms with Crippen molar-refractivity contribution >= 4 is 5.91 Å². The molecule has 0 saturated heterocycles. The van der Waals surface area contributed by atoms with Crippen molar-refractivity contribution in [1.82, 2.24) is 4.90 Å². The van der Waals surface area contributed by atoms with Gasteiger partial charge in [-0.05, 0) is 31.5 Å². The average Bonchev–Trinajstić information content (AvgIpc) is 2.42. The Bertz CT molecular complexity index is 503. The van der Waals surface area contributed by atoms with Crippen LogP contribution >= 0.6 is 0 Å². The number of amides is 1. The van der Waals surface area contributed by atoms with E-state index in [0.29, 0.717) is 18.7 Å². The number of carbonyl (C=O) groups is 1. The molecule has 0 aliphatic carbocycles. The van der Waals surface area contributed by atoms with Crippen LogP contribution in [0.2, 0.25) is 0 Å². The van der Waals surface area contributed by atoms with E-state index in [4.69, 9.17) is 5.73 Å². The molecule has 1 aromatic carbocycles. The lowest BCUT2D eigenvalue weighted by atomic mass is 10.1. The summed E-state index contributed by atoms with van der Waals surface area (Å²) in [5.41, 5.74) is 5.86. The molecule has 0 atom stereocenters. The van der Waals surface area contributed by atoms with Crippen LogP contribution in [0, 0.1) is 17.7 Å². The summed E-state index contributed by atoms with van der Waals surface area (Å²) in [4.78, 5) is 13.8. The third-order valence-electron chi connectivity index (χ3n) is 2.70. The molecule has 1 aromatic rings. The van der Waals surface area contributed by atoms with E-state index in [2.05, 4.69) is 11.8 Å². The zero-order valence-electron chi connectivity index (χ0n) is 11.4. The Balaban J connectivity index is 2.96. The number of hydrogen-bond acceptors (Lipinski definition) is 2. The van der Waals surface area contributed by atoms with Gasteiger partial charge < -0.3 is 10.6 Å². The standard InChI is InChI=1S/C15H19FN2O/c1-3-10-18(4-2)15(19)13-8-7-12(6-5-9-17)14(16)11-13/h7-8,11H,3-4,9-10,17H2,1-2H3. The van der Waals surface area contributed by atoms with Crippen LogP contribution in [-0.4, -0.2) is 30.4 Å². The normalized spacial score (nSPS) is 9.68. The number of nitrogens with two attached hydrogens (primary N) is 1. The molecule has 19 heavy (non-hydrogen) atoms. The van der Waals surface area contributed by atoms with Crippen LogP contribution in [0.5, 0.6) is 0 Å². The van der Waals surface area contributed by atoms with Crippen molar-refractivity contribution in [3.8, 4) is 11.8 Å². The number of carbonyl (C=O) groups excluding carboxylic acids is 1. The van der Waals surface area contributed by atoms with Gasteiger partial charge in [0.25, 0.3) is 5.91 Å². The van der Waals surface area contributed by atoms with Gasteiger partial charge >= 0.3 is 0 Å². The van der Waals surface area contributed by atoms with Crippen LogP contribution in [0.1, 0.15) is 36.2 Å². The quantitative estimate of drug-likeness (QED) is 0.844. The summed E-state index contributed by atoms with van der Waals surface area (Å²) in [5.74, 6) is 4.58. The lowest BCUT2D eigenvalue weighted by Gasteiger charge is -2.20. The highest BCUT2D eigenvalue weighted by atomic mass is 19.1. The highest BCUT2D eigenvalue weighted by Crippen LogP contribution is 2.12. The van der Waals surface area contributed by atoms with Crippen LogP contribution in [0.4, 0.5) is 4.39 Å². The second-order valence-corrected chi connectivity index (χ2v) is 4.09. The van der Waals surface area contributed by atoms with Gasteiger partial charge in [-0.2, -0.15) is 0 Å². The largest absolute Gasteiger partial charge is 0.339 e. The van der Waals surface area contributed by atoms with Gasteiger partial charge in [0.05, 0.1) is 12.1 Å². The van der Waals surface area contributed by atoms with Gasteiger partial charge in [0.2, 0.25) is 0 Å². The molecular weight excluding hydrogens is 243 g/mol. The smallest absolute Gasteiger partial charge is 0.253 e. The summed E-state index contributed by atoms with van der Waals surface area (Å²) in [6.45, 7) is 5.38. The second-order valence-electron chi connectivity index (χ2n) is 4.09. The highest BCUT2D eigenvalue weighted by Gasteiger charge is 2.14. The molecule has 102 valence electrons. The Morgan fingerprint density at radius 3 is 2.68 bits per heavy atom. The molecule has 0 unspecified atom stereocenters. The van der Waals surface area contributed by atoms with E-state index >= 15 is 0 Å². The molecule has 1 rings (SSSR count). The van der Waals surface area contributed by atoms with E-state index in [1.54, 1.807) is 11.0 Å². The van der Waals surface area contributed by atoms with Crippen molar-refractivity contribution in [1.29, 1.82) is 0 Å². The molecule has 3 nitrogen and oxygen atoms in total. The Morgan fingerprint density at radius 2 is 2.16 bits per heavy atom.